The van der Waals surface area contributed by atoms with Gasteiger partial charge in [-0.1, -0.05) is 97.9 Å². The summed E-state index contributed by atoms with van der Waals surface area (Å²) in [5.41, 5.74) is 11.5. The van der Waals surface area contributed by atoms with Crippen molar-refractivity contribution < 1.29 is 0 Å². The van der Waals surface area contributed by atoms with E-state index in [1.54, 1.807) is 0 Å². The van der Waals surface area contributed by atoms with Gasteiger partial charge < -0.3 is 0 Å². The third-order valence-electron chi connectivity index (χ3n) is 7.19. The zero-order valence-corrected chi connectivity index (χ0v) is 21.6. The molecule has 0 aliphatic heterocycles. The summed E-state index contributed by atoms with van der Waals surface area (Å²) in [5.74, 6) is 0.936. The van der Waals surface area contributed by atoms with Crippen molar-refractivity contribution in [1.29, 1.82) is 0 Å². The van der Waals surface area contributed by atoms with Crippen LogP contribution in [0.4, 0.5) is 0 Å². The van der Waals surface area contributed by atoms with Crippen molar-refractivity contribution in [2.24, 2.45) is 0 Å². The summed E-state index contributed by atoms with van der Waals surface area (Å²) in [5, 5.41) is 0. The fraction of sp³-hybridized carbons (Fsp3) is 0.0571. The highest BCUT2D eigenvalue weighted by Crippen LogP contribution is 2.31. The van der Waals surface area contributed by atoms with Gasteiger partial charge in [0.2, 0.25) is 0 Å². The van der Waals surface area contributed by atoms with E-state index in [1.807, 2.05) is 36.4 Å². The smallest absolute Gasteiger partial charge is 0.145 e. The summed E-state index contributed by atoms with van der Waals surface area (Å²) in [6.07, 6.45) is 0.837. The predicted octanol–water partition coefficient (Wildman–Crippen LogP) is 8.53. The van der Waals surface area contributed by atoms with Crippen LogP contribution in [0, 0.1) is 0 Å². The molecule has 0 radical (unpaired) electrons. The van der Waals surface area contributed by atoms with Gasteiger partial charge >= 0.3 is 0 Å². The van der Waals surface area contributed by atoms with Gasteiger partial charge in [-0.25, -0.2) is 15.0 Å². The first kappa shape index (κ1) is 23.1. The standard InChI is InChI=1S/C35H26N4/c1-2-29-34(37-31-13-7-6-12-30(31)36-29)26-20-16-24(17-21-26)25-18-22-27(23-19-25)35-38-32-14-8-9-15-33(32)39(35)28-10-4-3-5-11-28/h3-23H,2H2,1H3. The van der Waals surface area contributed by atoms with E-state index in [0.29, 0.717) is 0 Å². The van der Waals surface area contributed by atoms with Crippen LogP contribution in [0.3, 0.4) is 0 Å². The predicted molar refractivity (Wildman–Crippen MR) is 160 cm³/mol. The molecule has 0 unspecified atom stereocenters. The van der Waals surface area contributed by atoms with E-state index in [4.69, 9.17) is 15.0 Å². The van der Waals surface area contributed by atoms with Gasteiger partial charge in [0.25, 0.3) is 0 Å². The Labute approximate surface area is 227 Å². The molecule has 4 nitrogen and oxygen atoms in total. The third kappa shape index (κ3) is 4.16. The van der Waals surface area contributed by atoms with Gasteiger partial charge in [0.05, 0.1) is 33.5 Å². The molecule has 0 N–H and O–H groups in total. The molecule has 0 aliphatic rings. The largest absolute Gasteiger partial charge is 0.292 e. The average molecular weight is 503 g/mol. The number of imidazole rings is 1. The van der Waals surface area contributed by atoms with Crippen molar-refractivity contribution in [2.45, 2.75) is 13.3 Å². The van der Waals surface area contributed by atoms with Gasteiger partial charge in [-0.05, 0) is 53.9 Å². The van der Waals surface area contributed by atoms with Crippen LogP contribution in [0.15, 0.2) is 127 Å². The molecule has 7 rings (SSSR count). The van der Waals surface area contributed by atoms with Crippen LogP contribution < -0.4 is 0 Å². The Morgan fingerprint density at radius 2 is 1.03 bits per heavy atom. The van der Waals surface area contributed by atoms with Gasteiger partial charge in [0.15, 0.2) is 0 Å². The maximum atomic E-state index is 4.99. The van der Waals surface area contributed by atoms with Crippen molar-refractivity contribution in [2.75, 3.05) is 0 Å². The van der Waals surface area contributed by atoms with E-state index in [-0.39, 0.29) is 0 Å². The zero-order valence-electron chi connectivity index (χ0n) is 21.6. The topological polar surface area (TPSA) is 43.6 Å². The van der Waals surface area contributed by atoms with Crippen molar-refractivity contribution >= 4 is 22.1 Å². The van der Waals surface area contributed by atoms with Gasteiger partial charge in [0, 0.05) is 16.8 Å². The van der Waals surface area contributed by atoms with Crippen LogP contribution in [0.25, 0.3) is 61.5 Å². The fourth-order valence-electron chi connectivity index (χ4n) is 5.20. The molecule has 0 saturated carbocycles. The number of fused-ring (bicyclic) bond motifs is 2. The van der Waals surface area contributed by atoms with Crippen LogP contribution >= 0.6 is 0 Å². The molecule has 2 aromatic heterocycles. The average Bonchev–Trinajstić information content (AvgIpc) is 3.41. The molecule has 0 aliphatic carbocycles. The Morgan fingerprint density at radius 3 is 1.69 bits per heavy atom. The summed E-state index contributed by atoms with van der Waals surface area (Å²) < 4.78 is 2.23. The van der Waals surface area contributed by atoms with Crippen LogP contribution in [0.5, 0.6) is 0 Å². The summed E-state index contributed by atoms with van der Waals surface area (Å²) in [6, 6.07) is 44.1. The first-order valence-electron chi connectivity index (χ1n) is 13.3. The second-order valence-electron chi connectivity index (χ2n) is 9.61. The van der Waals surface area contributed by atoms with E-state index in [9.17, 15) is 0 Å². The number of aromatic nitrogens is 4. The van der Waals surface area contributed by atoms with Gasteiger partial charge in [-0.3, -0.25) is 4.57 Å². The number of hydrogen-bond acceptors (Lipinski definition) is 3. The molecule has 2 heterocycles. The molecule has 0 spiro atoms. The number of hydrogen-bond donors (Lipinski definition) is 0. The molecule has 186 valence electrons. The van der Waals surface area contributed by atoms with Crippen LogP contribution in [-0.4, -0.2) is 19.5 Å². The molecule has 0 saturated heterocycles. The maximum absolute atomic E-state index is 4.99. The lowest BCUT2D eigenvalue weighted by Gasteiger charge is -2.11. The number of nitrogens with zero attached hydrogens (tertiary/aromatic N) is 4. The van der Waals surface area contributed by atoms with Gasteiger partial charge in [-0.15, -0.1) is 0 Å². The lowest BCUT2D eigenvalue weighted by Crippen LogP contribution is -1.97. The van der Waals surface area contributed by atoms with E-state index in [0.717, 1.165) is 73.6 Å². The fourth-order valence-corrected chi connectivity index (χ4v) is 5.20. The van der Waals surface area contributed by atoms with Crippen LogP contribution in [0.1, 0.15) is 12.6 Å². The van der Waals surface area contributed by atoms with E-state index in [1.165, 1.54) is 0 Å². The number of aryl methyl sites for hydroxylation is 1. The highest BCUT2D eigenvalue weighted by Gasteiger charge is 2.14. The molecule has 0 fully saturated rings. The molecule has 39 heavy (non-hydrogen) atoms. The Hall–Kier alpha value is -5.09. The Morgan fingerprint density at radius 1 is 0.487 bits per heavy atom. The SMILES string of the molecule is CCc1nc2ccccc2nc1-c1ccc(-c2ccc(-c3nc4ccccc4n3-c3ccccc3)cc2)cc1. The lowest BCUT2D eigenvalue weighted by atomic mass is 10.00. The monoisotopic (exact) mass is 502 g/mol. The molecule has 7 aromatic rings. The number of benzene rings is 5. The van der Waals surface area contributed by atoms with Crippen molar-refractivity contribution in [1.82, 2.24) is 19.5 Å². The zero-order chi connectivity index (χ0) is 26.2. The summed E-state index contributed by atoms with van der Waals surface area (Å²) in [7, 11) is 0. The molecule has 0 bridgehead atoms. The minimum Gasteiger partial charge on any atom is -0.292 e. The maximum Gasteiger partial charge on any atom is 0.145 e. The Balaban J connectivity index is 1.23. The molecular weight excluding hydrogens is 476 g/mol. The van der Waals surface area contributed by atoms with Gasteiger partial charge in [0.1, 0.15) is 5.82 Å². The minimum atomic E-state index is 0.837. The minimum absolute atomic E-state index is 0.837. The second-order valence-corrected chi connectivity index (χ2v) is 9.61. The van der Waals surface area contributed by atoms with E-state index >= 15 is 0 Å². The first-order valence-corrected chi connectivity index (χ1v) is 13.3. The molecule has 5 aromatic carbocycles. The van der Waals surface area contributed by atoms with Crippen molar-refractivity contribution in [3.63, 3.8) is 0 Å². The van der Waals surface area contributed by atoms with Crippen LogP contribution in [-0.2, 0) is 6.42 Å². The third-order valence-corrected chi connectivity index (χ3v) is 7.19. The van der Waals surface area contributed by atoms with E-state index < -0.39 is 0 Å². The van der Waals surface area contributed by atoms with E-state index in [2.05, 4.69) is 102 Å². The summed E-state index contributed by atoms with van der Waals surface area (Å²) >= 11 is 0. The quantitative estimate of drug-likeness (QED) is 0.237. The molecule has 0 atom stereocenters. The number of para-hydroxylation sites is 5. The Bertz CT molecular complexity index is 1920. The van der Waals surface area contributed by atoms with Gasteiger partial charge in [-0.2, -0.15) is 0 Å². The van der Waals surface area contributed by atoms with Crippen molar-refractivity contribution in [3.05, 3.63) is 133 Å². The normalized spacial score (nSPS) is 11.3. The summed E-state index contributed by atoms with van der Waals surface area (Å²) in [4.78, 5) is 14.8. The van der Waals surface area contributed by atoms with Crippen molar-refractivity contribution in [3.8, 4) is 39.5 Å². The van der Waals surface area contributed by atoms with Crippen LogP contribution in [0.2, 0.25) is 0 Å². The Kier molecular flexibility index (Phi) is 5.71. The highest BCUT2D eigenvalue weighted by molar-refractivity contribution is 5.84. The summed E-state index contributed by atoms with van der Waals surface area (Å²) in [6.45, 7) is 2.13. The molecule has 4 heteroatoms. The molecule has 0 amide bonds. The lowest BCUT2D eigenvalue weighted by molar-refractivity contribution is 1.04. The molecular formula is C35H26N4. The highest BCUT2D eigenvalue weighted by atomic mass is 15.1. The number of rotatable bonds is 5. The first-order chi connectivity index (χ1) is 19.3. The second kappa shape index (κ2) is 9.66.